The number of carbonyl (C=O) groups excluding carboxylic acids is 1. The normalized spacial score (nSPS) is 10.4. The summed E-state index contributed by atoms with van der Waals surface area (Å²) in [5.74, 6) is 0.416. The standard InChI is InChI=1S/C18H15BrN2O2S/c19-14-7-4-8-15(10-14)23-12-17(22)21-18-20-11-16(24-18)9-13-5-2-1-3-6-13/h1-8,10-11H,9,12H2,(H,20,21,22). The van der Waals surface area contributed by atoms with Crippen molar-refractivity contribution in [2.24, 2.45) is 0 Å². The Balaban J connectivity index is 1.51. The van der Waals surface area contributed by atoms with Gasteiger partial charge in [-0.05, 0) is 23.8 Å². The van der Waals surface area contributed by atoms with Crippen LogP contribution in [0.5, 0.6) is 5.75 Å². The monoisotopic (exact) mass is 402 g/mol. The van der Waals surface area contributed by atoms with Gasteiger partial charge in [-0.1, -0.05) is 52.3 Å². The van der Waals surface area contributed by atoms with Crippen LogP contribution in [0.4, 0.5) is 5.13 Å². The third kappa shape index (κ3) is 4.91. The molecule has 0 aliphatic carbocycles. The first-order valence-electron chi connectivity index (χ1n) is 7.36. The average molecular weight is 403 g/mol. The molecule has 1 aromatic heterocycles. The number of thiazole rings is 1. The molecule has 0 aliphatic heterocycles. The summed E-state index contributed by atoms with van der Waals surface area (Å²) in [6.45, 7) is -0.0515. The highest BCUT2D eigenvalue weighted by molar-refractivity contribution is 9.10. The summed E-state index contributed by atoms with van der Waals surface area (Å²) in [5, 5.41) is 3.35. The van der Waals surface area contributed by atoms with Crippen molar-refractivity contribution in [3.05, 3.63) is 75.7 Å². The van der Waals surface area contributed by atoms with Gasteiger partial charge in [0.1, 0.15) is 5.75 Å². The fourth-order valence-corrected chi connectivity index (χ4v) is 3.35. The van der Waals surface area contributed by atoms with Gasteiger partial charge in [-0.3, -0.25) is 10.1 Å². The van der Waals surface area contributed by atoms with Crippen molar-refractivity contribution in [3.63, 3.8) is 0 Å². The molecule has 0 bridgehead atoms. The number of aromatic nitrogens is 1. The molecule has 6 heteroatoms. The zero-order valence-corrected chi connectivity index (χ0v) is 15.1. The van der Waals surface area contributed by atoms with E-state index in [4.69, 9.17) is 4.74 Å². The minimum Gasteiger partial charge on any atom is -0.484 e. The Bertz CT molecular complexity index is 821. The van der Waals surface area contributed by atoms with Crippen LogP contribution in [0.1, 0.15) is 10.4 Å². The van der Waals surface area contributed by atoms with Crippen LogP contribution in [0.15, 0.2) is 65.3 Å². The predicted molar refractivity (Wildman–Crippen MR) is 99.6 cm³/mol. The lowest BCUT2D eigenvalue weighted by Crippen LogP contribution is -2.19. The lowest BCUT2D eigenvalue weighted by molar-refractivity contribution is -0.118. The molecule has 2 aromatic carbocycles. The summed E-state index contributed by atoms with van der Waals surface area (Å²) in [5.41, 5.74) is 1.22. The second-order valence-electron chi connectivity index (χ2n) is 5.09. The minimum absolute atomic E-state index is 0.0515. The van der Waals surface area contributed by atoms with Gasteiger partial charge in [0.2, 0.25) is 0 Å². The lowest BCUT2D eigenvalue weighted by Gasteiger charge is -2.05. The van der Waals surface area contributed by atoms with E-state index in [0.29, 0.717) is 10.9 Å². The smallest absolute Gasteiger partial charge is 0.264 e. The molecule has 0 unspecified atom stereocenters. The summed E-state index contributed by atoms with van der Waals surface area (Å²) < 4.78 is 6.37. The fraction of sp³-hybridized carbons (Fsp3) is 0.111. The Labute approximate surface area is 152 Å². The maximum atomic E-state index is 12.0. The molecular formula is C18H15BrN2O2S. The van der Waals surface area contributed by atoms with Gasteiger partial charge in [0.25, 0.3) is 5.91 Å². The summed E-state index contributed by atoms with van der Waals surface area (Å²) in [6, 6.07) is 17.5. The molecule has 0 radical (unpaired) electrons. The Hall–Kier alpha value is -2.18. The van der Waals surface area contributed by atoms with Crippen molar-refractivity contribution in [2.45, 2.75) is 6.42 Å². The average Bonchev–Trinajstić information content (AvgIpc) is 3.01. The van der Waals surface area contributed by atoms with Gasteiger partial charge in [0, 0.05) is 22.0 Å². The number of hydrogen-bond acceptors (Lipinski definition) is 4. The fourth-order valence-electron chi connectivity index (χ4n) is 2.11. The quantitative estimate of drug-likeness (QED) is 0.659. The van der Waals surface area contributed by atoms with Crippen LogP contribution in [0.2, 0.25) is 0 Å². The van der Waals surface area contributed by atoms with E-state index < -0.39 is 0 Å². The third-order valence-corrected chi connectivity index (χ3v) is 4.59. The number of nitrogens with one attached hydrogen (secondary N) is 1. The Morgan fingerprint density at radius 3 is 2.79 bits per heavy atom. The van der Waals surface area contributed by atoms with Crippen LogP contribution in [0.3, 0.4) is 0 Å². The number of hydrogen-bond donors (Lipinski definition) is 1. The highest BCUT2D eigenvalue weighted by atomic mass is 79.9. The Kier molecular flexibility index (Phi) is 5.61. The van der Waals surface area contributed by atoms with Crippen molar-refractivity contribution < 1.29 is 9.53 Å². The van der Waals surface area contributed by atoms with Crippen molar-refractivity contribution in [3.8, 4) is 5.75 Å². The van der Waals surface area contributed by atoms with Crippen LogP contribution in [0, 0.1) is 0 Å². The zero-order chi connectivity index (χ0) is 16.8. The number of ether oxygens (including phenoxy) is 1. The molecule has 1 N–H and O–H groups in total. The van der Waals surface area contributed by atoms with Crippen LogP contribution in [-0.2, 0) is 11.2 Å². The first-order valence-corrected chi connectivity index (χ1v) is 8.97. The van der Waals surface area contributed by atoms with Gasteiger partial charge >= 0.3 is 0 Å². The van der Waals surface area contributed by atoms with E-state index in [0.717, 1.165) is 15.8 Å². The topological polar surface area (TPSA) is 51.2 Å². The number of benzene rings is 2. The van der Waals surface area contributed by atoms with Crippen molar-refractivity contribution >= 4 is 38.3 Å². The van der Waals surface area contributed by atoms with Crippen molar-refractivity contribution in [1.29, 1.82) is 0 Å². The largest absolute Gasteiger partial charge is 0.484 e. The van der Waals surface area contributed by atoms with E-state index in [1.54, 1.807) is 12.3 Å². The lowest BCUT2D eigenvalue weighted by atomic mass is 10.1. The van der Waals surface area contributed by atoms with Crippen LogP contribution >= 0.6 is 27.3 Å². The number of carbonyl (C=O) groups is 1. The first kappa shape index (κ1) is 16.7. The zero-order valence-electron chi connectivity index (χ0n) is 12.7. The molecule has 1 amide bonds. The maximum Gasteiger partial charge on any atom is 0.264 e. The number of nitrogens with zero attached hydrogens (tertiary/aromatic N) is 1. The molecule has 0 atom stereocenters. The van der Waals surface area contributed by atoms with Crippen LogP contribution < -0.4 is 10.1 Å². The molecule has 0 spiro atoms. The maximum absolute atomic E-state index is 12.0. The number of halogens is 1. The number of amides is 1. The van der Waals surface area contributed by atoms with Gasteiger partial charge in [0.05, 0.1) is 0 Å². The van der Waals surface area contributed by atoms with E-state index in [2.05, 4.69) is 38.4 Å². The molecule has 24 heavy (non-hydrogen) atoms. The summed E-state index contributed by atoms with van der Waals surface area (Å²) in [6.07, 6.45) is 2.60. The van der Waals surface area contributed by atoms with Crippen LogP contribution in [0.25, 0.3) is 0 Å². The third-order valence-electron chi connectivity index (χ3n) is 3.19. The van der Waals surface area contributed by atoms with Gasteiger partial charge < -0.3 is 4.74 Å². The van der Waals surface area contributed by atoms with Gasteiger partial charge in [-0.25, -0.2) is 4.98 Å². The summed E-state index contributed by atoms with van der Waals surface area (Å²) >= 11 is 4.84. The SMILES string of the molecule is O=C(COc1cccc(Br)c1)Nc1ncc(Cc2ccccc2)s1. The van der Waals surface area contributed by atoms with E-state index in [9.17, 15) is 4.79 Å². The Morgan fingerprint density at radius 2 is 2.00 bits per heavy atom. The number of anilines is 1. The first-order chi connectivity index (χ1) is 11.7. The second kappa shape index (κ2) is 8.08. The molecule has 0 saturated carbocycles. The molecule has 0 saturated heterocycles. The number of rotatable bonds is 6. The van der Waals surface area contributed by atoms with Crippen molar-refractivity contribution in [1.82, 2.24) is 4.98 Å². The van der Waals surface area contributed by atoms with Gasteiger partial charge in [-0.2, -0.15) is 0 Å². The van der Waals surface area contributed by atoms with E-state index >= 15 is 0 Å². The summed E-state index contributed by atoms with van der Waals surface area (Å²) in [4.78, 5) is 17.3. The van der Waals surface area contributed by atoms with E-state index in [-0.39, 0.29) is 12.5 Å². The molecule has 1 heterocycles. The highest BCUT2D eigenvalue weighted by Gasteiger charge is 2.08. The van der Waals surface area contributed by atoms with Gasteiger partial charge in [0.15, 0.2) is 11.7 Å². The predicted octanol–water partition coefficient (Wildman–Crippen LogP) is 4.51. The van der Waals surface area contributed by atoms with E-state index in [1.807, 2.05) is 36.4 Å². The highest BCUT2D eigenvalue weighted by Crippen LogP contribution is 2.21. The Morgan fingerprint density at radius 1 is 1.17 bits per heavy atom. The molecule has 0 fully saturated rings. The molecule has 0 aliphatic rings. The molecule has 4 nitrogen and oxygen atoms in total. The molecular weight excluding hydrogens is 388 g/mol. The summed E-state index contributed by atoms with van der Waals surface area (Å²) in [7, 11) is 0. The van der Waals surface area contributed by atoms with Gasteiger partial charge in [-0.15, -0.1) is 11.3 Å². The van der Waals surface area contributed by atoms with Crippen molar-refractivity contribution in [2.75, 3.05) is 11.9 Å². The van der Waals surface area contributed by atoms with Crippen LogP contribution in [-0.4, -0.2) is 17.5 Å². The molecule has 3 rings (SSSR count). The van der Waals surface area contributed by atoms with E-state index in [1.165, 1.54) is 16.9 Å². The molecule has 122 valence electrons. The second-order valence-corrected chi connectivity index (χ2v) is 7.12. The minimum atomic E-state index is -0.226. The molecule has 3 aromatic rings.